The normalized spacial score (nSPS) is 16.0. The molecule has 78 valence electrons. The molecule has 0 amide bonds. The van der Waals surface area contributed by atoms with Gasteiger partial charge in [-0.3, -0.25) is 10.1 Å². The van der Waals surface area contributed by atoms with Crippen LogP contribution in [0.15, 0.2) is 42.2 Å². The summed E-state index contributed by atoms with van der Waals surface area (Å²) in [4.78, 5) is 12.3. The third kappa shape index (κ3) is 2.15. The van der Waals surface area contributed by atoms with Gasteiger partial charge in [-0.05, 0) is 18.6 Å². The van der Waals surface area contributed by atoms with Crippen LogP contribution in [0, 0.1) is 10.1 Å². The number of benzene rings is 1. The molecular formula is C11H12N2O2. The average Bonchev–Trinajstić information content (AvgIpc) is 2.30. The molecule has 0 radical (unpaired) electrons. The molecule has 0 spiro atoms. The molecule has 1 aliphatic rings. The Hall–Kier alpha value is -1.84. The molecular weight excluding hydrogens is 192 g/mol. The van der Waals surface area contributed by atoms with Crippen LogP contribution in [-0.2, 0) is 0 Å². The first-order valence-corrected chi connectivity index (χ1v) is 4.94. The number of nitro groups is 1. The number of hydrogen-bond acceptors (Lipinski definition) is 3. The maximum Gasteiger partial charge on any atom is 0.262 e. The number of rotatable bonds is 2. The molecule has 0 saturated carbocycles. The smallest absolute Gasteiger partial charge is 0.262 e. The second kappa shape index (κ2) is 4.13. The van der Waals surface area contributed by atoms with E-state index >= 15 is 0 Å². The zero-order valence-electron chi connectivity index (χ0n) is 8.30. The maximum atomic E-state index is 10.6. The fourth-order valence-electron chi connectivity index (χ4n) is 1.70. The van der Waals surface area contributed by atoms with E-state index in [1.54, 1.807) is 6.20 Å². The van der Waals surface area contributed by atoms with Crippen molar-refractivity contribution in [2.45, 2.75) is 12.8 Å². The molecule has 0 bridgehead atoms. The van der Waals surface area contributed by atoms with E-state index in [0.717, 1.165) is 18.7 Å². The SMILES string of the molecule is O=[N+]([O-])C1=CN(c2ccccc2)CCC1. The van der Waals surface area contributed by atoms with Gasteiger partial charge in [0.2, 0.25) is 0 Å². The zero-order chi connectivity index (χ0) is 10.7. The van der Waals surface area contributed by atoms with E-state index in [0.29, 0.717) is 12.1 Å². The van der Waals surface area contributed by atoms with Crippen molar-refractivity contribution in [1.29, 1.82) is 0 Å². The van der Waals surface area contributed by atoms with Crippen LogP contribution in [0.2, 0.25) is 0 Å². The highest BCUT2D eigenvalue weighted by Gasteiger charge is 2.19. The van der Waals surface area contributed by atoms with Crippen LogP contribution in [0.1, 0.15) is 12.8 Å². The summed E-state index contributed by atoms with van der Waals surface area (Å²) in [5.41, 5.74) is 1.31. The van der Waals surface area contributed by atoms with Gasteiger partial charge < -0.3 is 4.90 Å². The van der Waals surface area contributed by atoms with Gasteiger partial charge >= 0.3 is 0 Å². The third-order valence-electron chi connectivity index (χ3n) is 2.46. The Labute approximate surface area is 88.0 Å². The Morgan fingerprint density at radius 3 is 2.67 bits per heavy atom. The maximum absolute atomic E-state index is 10.6. The molecule has 1 aliphatic heterocycles. The molecule has 0 aromatic heterocycles. The zero-order valence-corrected chi connectivity index (χ0v) is 8.30. The summed E-state index contributed by atoms with van der Waals surface area (Å²) < 4.78 is 0. The molecule has 0 fully saturated rings. The van der Waals surface area contributed by atoms with Gasteiger partial charge in [0.25, 0.3) is 5.70 Å². The highest BCUT2D eigenvalue weighted by Crippen LogP contribution is 2.21. The lowest BCUT2D eigenvalue weighted by molar-refractivity contribution is -0.428. The van der Waals surface area contributed by atoms with Gasteiger partial charge in [-0.15, -0.1) is 0 Å². The highest BCUT2D eigenvalue weighted by atomic mass is 16.6. The predicted octanol–water partition coefficient (Wildman–Crippen LogP) is 2.40. The summed E-state index contributed by atoms with van der Waals surface area (Å²) in [6.45, 7) is 0.849. The lowest BCUT2D eigenvalue weighted by Gasteiger charge is -2.23. The topological polar surface area (TPSA) is 46.4 Å². The summed E-state index contributed by atoms with van der Waals surface area (Å²) in [5, 5.41) is 10.6. The van der Waals surface area contributed by atoms with Gasteiger partial charge in [0.15, 0.2) is 0 Å². The summed E-state index contributed by atoms with van der Waals surface area (Å²) in [7, 11) is 0. The van der Waals surface area contributed by atoms with E-state index in [1.807, 2.05) is 35.2 Å². The minimum atomic E-state index is -0.297. The Bertz CT molecular complexity index is 387. The van der Waals surface area contributed by atoms with Crippen molar-refractivity contribution in [3.05, 3.63) is 52.3 Å². The van der Waals surface area contributed by atoms with Crippen LogP contribution in [0.3, 0.4) is 0 Å². The Kier molecular flexibility index (Phi) is 2.67. The third-order valence-corrected chi connectivity index (χ3v) is 2.46. The second-order valence-corrected chi connectivity index (χ2v) is 3.51. The van der Waals surface area contributed by atoms with Crippen molar-refractivity contribution >= 4 is 5.69 Å². The summed E-state index contributed by atoms with van der Waals surface area (Å²) in [6.07, 6.45) is 3.04. The average molecular weight is 204 g/mol. The van der Waals surface area contributed by atoms with Crippen LogP contribution >= 0.6 is 0 Å². The van der Waals surface area contributed by atoms with E-state index in [2.05, 4.69) is 0 Å². The van der Waals surface area contributed by atoms with E-state index < -0.39 is 0 Å². The standard InChI is InChI=1S/C11H12N2O2/c14-13(15)11-7-4-8-12(9-11)10-5-2-1-3-6-10/h1-3,5-6,9H,4,7-8H2. The van der Waals surface area contributed by atoms with Gasteiger partial charge in [-0.1, -0.05) is 18.2 Å². The molecule has 4 heteroatoms. The fraction of sp³-hybridized carbons (Fsp3) is 0.273. The van der Waals surface area contributed by atoms with E-state index in [4.69, 9.17) is 0 Å². The molecule has 2 rings (SSSR count). The van der Waals surface area contributed by atoms with Gasteiger partial charge in [-0.2, -0.15) is 0 Å². The molecule has 0 atom stereocenters. The van der Waals surface area contributed by atoms with Crippen LogP contribution in [0.4, 0.5) is 5.69 Å². The second-order valence-electron chi connectivity index (χ2n) is 3.51. The summed E-state index contributed by atoms with van der Waals surface area (Å²) >= 11 is 0. The number of anilines is 1. The minimum Gasteiger partial charge on any atom is -0.342 e. The first-order valence-electron chi connectivity index (χ1n) is 4.94. The largest absolute Gasteiger partial charge is 0.342 e. The number of para-hydroxylation sites is 1. The molecule has 0 saturated heterocycles. The number of hydrogen-bond donors (Lipinski definition) is 0. The van der Waals surface area contributed by atoms with E-state index in [-0.39, 0.29) is 4.92 Å². The van der Waals surface area contributed by atoms with Gasteiger partial charge in [-0.25, -0.2) is 0 Å². The molecule has 1 aromatic carbocycles. The lowest BCUT2D eigenvalue weighted by atomic mass is 10.1. The quantitative estimate of drug-likeness (QED) is 0.549. The molecule has 0 unspecified atom stereocenters. The van der Waals surface area contributed by atoms with E-state index in [1.165, 1.54) is 0 Å². The number of nitrogens with zero attached hydrogens (tertiary/aromatic N) is 2. The Morgan fingerprint density at radius 1 is 1.27 bits per heavy atom. The van der Waals surface area contributed by atoms with Gasteiger partial charge in [0.1, 0.15) is 0 Å². The molecule has 1 heterocycles. The van der Waals surface area contributed by atoms with Crippen LogP contribution in [0.5, 0.6) is 0 Å². The highest BCUT2D eigenvalue weighted by molar-refractivity contribution is 5.49. The monoisotopic (exact) mass is 204 g/mol. The molecule has 1 aromatic rings. The molecule has 0 aliphatic carbocycles. The van der Waals surface area contributed by atoms with Gasteiger partial charge in [0, 0.05) is 18.7 Å². The minimum absolute atomic E-state index is 0.296. The fourth-order valence-corrected chi connectivity index (χ4v) is 1.70. The van der Waals surface area contributed by atoms with Crippen molar-refractivity contribution in [2.75, 3.05) is 11.4 Å². The molecule has 15 heavy (non-hydrogen) atoms. The first-order chi connectivity index (χ1) is 7.27. The molecule has 0 N–H and O–H groups in total. The Morgan fingerprint density at radius 2 is 2.00 bits per heavy atom. The van der Waals surface area contributed by atoms with Crippen molar-refractivity contribution in [2.24, 2.45) is 0 Å². The van der Waals surface area contributed by atoms with Gasteiger partial charge in [0.05, 0.1) is 11.1 Å². The predicted molar refractivity (Wildman–Crippen MR) is 58.1 cm³/mol. The first kappa shape index (κ1) is 9.71. The summed E-state index contributed by atoms with van der Waals surface area (Å²) in [6, 6.07) is 9.72. The molecule has 4 nitrogen and oxygen atoms in total. The van der Waals surface area contributed by atoms with Crippen LogP contribution < -0.4 is 4.90 Å². The lowest BCUT2D eigenvalue weighted by Crippen LogP contribution is -2.24. The number of allylic oxidation sites excluding steroid dienone is 1. The summed E-state index contributed by atoms with van der Waals surface area (Å²) in [5.74, 6) is 0. The van der Waals surface area contributed by atoms with Crippen molar-refractivity contribution in [3.63, 3.8) is 0 Å². The van der Waals surface area contributed by atoms with Crippen LogP contribution in [0.25, 0.3) is 0 Å². The van der Waals surface area contributed by atoms with Crippen molar-refractivity contribution in [3.8, 4) is 0 Å². The Balaban J connectivity index is 2.24. The van der Waals surface area contributed by atoms with Crippen molar-refractivity contribution in [1.82, 2.24) is 0 Å². The van der Waals surface area contributed by atoms with Crippen molar-refractivity contribution < 1.29 is 4.92 Å². The van der Waals surface area contributed by atoms with Crippen LogP contribution in [-0.4, -0.2) is 11.5 Å². The van der Waals surface area contributed by atoms with E-state index in [9.17, 15) is 10.1 Å².